The van der Waals surface area contributed by atoms with Crippen molar-refractivity contribution in [2.75, 3.05) is 17.5 Å². The van der Waals surface area contributed by atoms with Gasteiger partial charge in [-0.05, 0) is 61.8 Å². The zero-order valence-corrected chi connectivity index (χ0v) is 22.2. The Hall–Kier alpha value is -3.36. The van der Waals surface area contributed by atoms with Crippen molar-refractivity contribution in [1.29, 1.82) is 0 Å². The van der Waals surface area contributed by atoms with Crippen LogP contribution in [0.3, 0.4) is 0 Å². The van der Waals surface area contributed by atoms with E-state index in [-0.39, 0.29) is 29.1 Å². The lowest BCUT2D eigenvalue weighted by Crippen LogP contribution is -2.19. The Labute approximate surface area is 221 Å². The molecule has 0 saturated heterocycles. The Morgan fingerprint density at radius 3 is 2.54 bits per heavy atom. The Morgan fingerprint density at radius 2 is 1.86 bits per heavy atom. The number of rotatable bonds is 9. The van der Waals surface area contributed by atoms with E-state index >= 15 is 0 Å². The third-order valence-corrected chi connectivity index (χ3v) is 8.27. The molecule has 5 rings (SSSR count). The third-order valence-electron chi connectivity index (χ3n) is 6.57. The van der Waals surface area contributed by atoms with Crippen molar-refractivity contribution in [3.63, 3.8) is 0 Å². The number of carbonyl (C=O) groups excluding carboxylic acids is 1. The molecule has 1 aliphatic rings. The molecule has 37 heavy (non-hydrogen) atoms. The van der Waals surface area contributed by atoms with Gasteiger partial charge in [-0.3, -0.25) is 9.52 Å². The standard InChI is InChI=1S/C28H28ClN3O4S/c1-17-9-11-20(12-10-17)25-24(27(33)30-2)22-16-21(18-13-14-18)26(31-28(22)36-25)32-37(34,35)15-5-7-19-6-3-4-8-23(19)29/h3-4,6,8-12,16,18H,5,7,13-15H2,1-2H3,(H,30,33)(H,31,32). The number of aryl methyl sites for hydroxylation is 2. The SMILES string of the molecule is CNC(=O)c1c(-c2ccc(C)cc2)oc2nc(NS(=O)(=O)CCCc3ccccc3Cl)c(C3CC3)cc12. The molecule has 0 radical (unpaired) electrons. The minimum Gasteiger partial charge on any atom is -0.437 e. The quantitative estimate of drug-likeness (QED) is 0.270. The Kier molecular flexibility index (Phi) is 6.96. The minimum atomic E-state index is -3.67. The normalized spacial score (nSPS) is 13.6. The number of nitrogens with zero attached hydrogens (tertiary/aromatic N) is 1. The van der Waals surface area contributed by atoms with E-state index in [0.29, 0.717) is 34.6 Å². The van der Waals surface area contributed by atoms with E-state index in [4.69, 9.17) is 16.0 Å². The number of hydrogen-bond acceptors (Lipinski definition) is 5. The van der Waals surface area contributed by atoms with Crippen molar-refractivity contribution in [2.45, 2.75) is 38.5 Å². The molecule has 1 aliphatic carbocycles. The highest BCUT2D eigenvalue weighted by Crippen LogP contribution is 2.45. The summed E-state index contributed by atoms with van der Waals surface area (Å²) >= 11 is 6.21. The fraction of sp³-hybridized carbons (Fsp3) is 0.286. The van der Waals surface area contributed by atoms with E-state index in [2.05, 4.69) is 15.0 Å². The zero-order chi connectivity index (χ0) is 26.2. The van der Waals surface area contributed by atoms with Crippen molar-refractivity contribution in [1.82, 2.24) is 10.3 Å². The van der Waals surface area contributed by atoms with Crippen molar-refractivity contribution >= 4 is 44.4 Å². The Bertz CT molecular complexity index is 1580. The zero-order valence-electron chi connectivity index (χ0n) is 20.7. The molecule has 2 heterocycles. The van der Waals surface area contributed by atoms with Gasteiger partial charge in [0, 0.05) is 17.6 Å². The maximum Gasteiger partial charge on any atom is 0.255 e. The third kappa shape index (κ3) is 5.50. The van der Waals surface area contributed by atoms with E-state index < -0.39 is 10.0 Å². The van der Waals surface area contributed by atoms with Gasteiger partial charge < -0.3 is 9.73 Å². The number of sulfonamides is 1. The smallest absolute Gasteiger partial charge is 0.255 e. The summed E-state index contributed by atoms with van der Waals surface area (Å²) in [4.78, 5) is 17.5. The van der Waals surface area contributed by atoms with Gasteiger partial charge in [0.25, 0.3) is 5.91 Å². The summed E-state index contributed by atoms with van der Waals surface area (Å²) in [5, 5.41) is 3.89. The molecule has 192 valence electrons. The molecule has 2 aromatic heterocycles. The van der Waals surface area contributed by atoms with Crippen LogP contribution in [-0.4, -0.2) is 32.1 Å². The second kappa shape index (κ2) is 10.2. The van der Waals surface area contributed by atoms with E-state index in [1.54, 1.807) is 13.1 Å². The van der Waals surface area contributed by atoms with Crippen molar-refractivity contribution in [3.8, 4) is 11.3 Å². The van der Waals surface area contributed by atoms with Gasteiger partial charge in [0.05, 0.1) is 16.7 Å². The first-order chi connectivity index (χ1) is 17.8. The van der Waals surface area contributed by atoms with Crippen molar-refractivity contribution < 1.29 is 17.6 Å². The summed E-state index contributed by atoms with van der Waals surface area (Å²) in [6.45, 7) is 1.98. The lowest BCUT2D eigenvalue weighted by atomic mass is 10.0. The van der Waals surface area contributed by atoms with E-state index in [0.717, 1.165) is 35.1 Å². The molecule has 2 aromatic carbocycles. The minimum absolute atomic E-state index is 0.0711. The molecule has 2 N–H and O–H groups in total. The number of halogens is 1. The van der Waals surface area contributed by atoms with Gasteiger partial charge in [0.2, 0.25) is 15.7 Å². The number of aromatic nitrogens is 1. The molecule has 1 amide bonds. The molecule has 0 bridgehead atoms. The predicted octanol–water partition coefficient (Wildman–Crippen LogP) is 6.07. The van der Waals surface area contributed by atoms with Gasteiger partial charge in [-0.15, -0.1) is 0 Å². The molecule has 9 heteroatoms. The summed E-state index contributed by atoms with van der Waals surface area (Å²) < 4.78 is 34.8. The number of carbonyl (C=O) groups is 1. The first-order valence-corrected chi connectivity index (χ1v) is 14.3. The van der Waals surface area contributed by atoms with Gasteiger partial charge in [0.1, 0.15) is 11.6 Å². The number of amides is 1. The highest BCUT2D eigenvalue weighted by atomic mass is 35.5. The van der Waals surface area contributed by atoms with Crippen LogP contribution in [0.2, 0.25) is 5.02 Å². The number of benzene rings is 2. The van der Waals surface area contributed by atoms with E-state index in [1.807, 2.05) is 55.5 Å². The topological polar surface area (TPSA) is 101 Å². The lowest BCUT2D eigenvalue weighted by Gasteiger charge is -2.12. The second-order valence-electron chi connectivity index (χ2n) is 9.42. The average molecular weight is 538 g/mol. The van der Waals surface area contributed by atoms with Crippen LogP contribution < -0.4 is 10.0 Å². The van der Waals surface area contributed by atoms with Gasteiger partial charge in [0.15, 0.2) is 0 Å². The van der Waals surface area contributed by atoms with Gasteiger partial charge in [-0.25, -0.2) is 8.42 Å². The summed E-state index contributed by atoms with van der Waals surface area (Å²) in [6, 6.07) is 17.0. The first-order valence-electron chi connectivity index (χ1n) is 12.3. The van der Waals surface area contributed by atoms with Crippen molar-refractivity contribution in [3.05, 3.63) is 81.9 Å². The Morgan fingerprint density at radius 1 is 1.14 bits per heavy atom. The molecule has 0 unspecified atom stereocenters. The molecular weight excluding hydrogens is 510 g/mol. The number of furan rings is 1. The van der Waals surface area contributed by atoms with Crippen LogP contribution in [0.5, 0.6) is 0 Å². The number of nitrogens with one attached hydrogen (secondary N) is 2. The number of pyridine rings is 1. The first kappa shape index (κ1) is 25.3. The van der Waals surface area contributed by atoms with E-state index in [1.165, 1.54) is 0 Å². The van der Waals surface area contributed by atoms with Crippen LogP contribution in [0.25, 0.3) is 22.4 Å². The van der Waals surface area contributed by atoms with Crippen LogP contribution in [0.1, 0.15) is 52.2 Å². The Balaban J connectivity index is 1.48. The summed E-state index contributed by atoms with van der Waals surface area (Å²) in [5.41, 5.74) is 4.14. The maximum absolute atomic E-state index is 13.0. The molecule has 0 spiro atoms. The summed E-state index contributed by atoms with van der Waals surface area (Å²) in [7, 11) is -2.10. The maximum atomic E-state index is 13.0. The average Bonchev–Trinajstić information content (AvgIpc) is 3.65. The summed E-state index contributed by atoms with van der Waals surface area (Å²) in [6.07, 6.45) is 2.84. The molecule has 1 fully saturated rings. The van der Waals surface area contributed by atoms with Crippen molar-refractivity contribution in [2.24, 2.45) is 0 Å². The van der Waals surface area contributed by atoms with E-state index in [9.17, 15) is 13.2 Å². The predicted molar refractivity (Wildman–Crippen MR) is 147 cm³/mol. The fourth-order valence-corrected chi connectivity index (χ4v) is 5.75. The van der Waals surface area contributed by atoms with Gasteiger partial charge in [-0.1, -0.05) is 59.6 Å². The van der Waals surface area contributed by atoms with Gasteiger partial charge >= 0.3 is 0 Å². The summed E-state index contributed by atoms with van der Waals surface area (Å²) in [5.74, 6) is 0.501. The molecular formula is C28H28ClN3O4S. The highest BCUT2D eigenvalue weighted by Gasteiger charge is 2.31. The molecule has 0 atom stereocenters. The van der Waals surface area contributed by atoms with Gasteiger partial charge in [-0.2, -0.15) is 4.98 Å². The largest absolute Gasteiger partial charge is 0.437 e. The highest BCUT2D eigenvalue weighted by molar-refractivity contribution is 7.92. The second-order valence-corrected chi connectivity index (χ2v) is 11.7. The number of anilines is 1. The van der Waals surface area contributed by atoms with Crippen LogP contribution >= 0.6 is 11.6 Å². The van der Waals surface area contributed by atoms with Crippen LogP contribution in [-0.2, 0) is 16.4 Å². The molecule has 0 aliphatic heterocycles. The van der Waals surface area contributed by atoms with Crippen LogP contribution in [0.15, 0.2) is 59.0 Å². The monoisotopic (exact) mass is 537 g/mol. The fourth-order valence-electron chi connectivity index (χ4n) is 4.44. The molecule has 1 saturated carbocycles. The van der Waals surface area contributed by atoms with Crippen LogP contribution in [0.4, 0.5) is 5.82 Å². The number of fused-ring (bicyclic) bond motifs is 1. The lowest BCUT2D eigenvalue weighted by molar-refractivity contribution is 0.0964. The van der Waals surface area contributed by atoms with Crippen LogP contribution in [0, 0.1) is 6.92 Å². The molecule has 7 nitrogen and oxygen atoms in total. The number of hydrogen-bond donors (Lipinski definition) is 2. The molecule has 4 aromatic rings.